The Morgan fingerprint density at radius 1 is 0.739 bits per heavy atom. The van der Waals surface area contributed by atoms with Crippen molar-refractivity contribution in [3.63, 3.8) is 0 Å². The summed E-state index contributed by atoms with van der Waals surface area (Å²) in [4.78, 5) is 31.6. The highest BCUT2D eigenvalue weighted by molar-refractivity contribution is 6.07. The van der Waals surface area contributed by atoms with E-state index >= 15 is 0 Å². The van der Waals surface area contributed by atoms with Gasteiger partial charge >= 0.3 is 0 Å². The number of amides is 2. The van der Waals surface area contributed by atoms with Gasteiger partial charge in [0, 0.05) is 39.3 Å². The number of hydrogen-bond donors (Lipinski definition) is 0. The minimum absolute atomic E-state index is 0.00257. The normalized spacial score (nSPS) is 19.7. The summed E-state index contributed by atoms with van der Waals surface area (Å²) < 4.78 is 0. The Hall–Kier alpha value is -1.88. The van der Waals surface area contributed by atoms with Crippen molar-refractivity contribution in [2.75, 3.05) is 46.3 Å². The van der Waals surface area contributed by atoms with Crippen molar-refractivity contribution in [3.05, 3.63) is 35.4 Å². The topological polar surface area (TPSA) is 43.9 Å². The molecule has 3 rings (SSSR count). The molecule has 0 aliphatic carbocycles. The third-order valence-corrected chi connectivity index (χ3v) is 4.82. The molecule has 5 heteroatoms. The Bertz CT molecular complexity index is 573. The molecule has 2 heterocycles. The van der Waals surface area contributed by atoms with Gasteiger partial charge in [0.1, 0.15) is 0 Å². The van der Waals surface area contributed by atoms with E-state index in [4.69, 9.17) is 0 Å². The molecule has 0 aromatic heterocycles. The van der Waals surface area contributed by atoms with Crippen molar-refractivity contribution in [2.24, 2.45) is 0 Å². The smallest absolute Gasteiger partial charge is 0.254 e. The first-order valence-electron chi connectivity index (χ1n) is 8.53. The SMILES string of the molecule is CN1CCN(C(=O)c2ccccc2C(=O)N2CCCCC2)CC1. The number of nitrogens with zero attached hydrogens (tertiary/aromatic N) is 3. The Labute approximate surface area is 137 Å². The Kier molecular flexibility index (Phi) is 4.96. The molecule has 1 aromatic rings. The van der Waals surface area contributed by atoms with E-state index in [0.29, 0.717) is 11.1 Å². The molecule has 1 aromatic carbocycles. The lowest BCUT2D eigenvalue weighted by molar-refractivity contribution is 0.0645. The molecule has 124 valence electrons. The predicted molar refractivity (Wildman–Crippen MR) is 89.6 cm³/mol. The number of carbonyl (C=O) groups excluding carboxylic acids is 2. The summed E-state index contributed by atoms with van der Waals surface area (Å²) in [6.45, 7) is 4.82. The van der Waals surface area contributed by atoms with Crippen LogP contribution in [0.5, 0.6) is 0 Å². The third-order valence-electron chi connectivity index (χ3n) is 4.82. The van der Waals surface area contributed by atoms with Gasteiger partial charge in [-0.15, -0.1) is 0 Å². The van der Waals surface area contributed by atoms with Crippen LogP contribution in [0, 0.1) is 0 Å². The molecule has 0 bridgehead atoms. The van der Waals surface area contributed by atoms with E-state index in [2.05, 4.69) is 11.9 Å². The molecule has 2 fully saturated rings. The summed E-state index contributed by atoms with van der Waals surface area (Å²) in [5.41, 5.74) is 1.10. The van der Waals surface area contributed by atoms with E-state index in [0.717, 1.165) is 52.1 Å². The van der Waals surface area contributed by atoms with Crippen molar-refractivity contribution in [2.45, 2.75) is 19.3 Å². The molecule has 2 saturated heterocycles. The number of hydrogen-bond acceptors (Lipinski definition) is 3. The average Bonchev–Trinajstić information content (AvgIpc) is 2.62. The Morgan fingerprint density at radius 3 is 1.74 bits per heavy atom. The third kappa shape index (κ3) is 3.55. The van der Waals surface area contributed by atoms with Gasteiger partial charge in [0.2, 0.25) is 0 Å². The van der Waals surface area contributed by atoms with Crippen LogP contribution in [0.25, 0.3) is 0 Å². The first kappa shape index (κ1) is 16.0. The monoisotopic (exact) mass is 315 g/mol. The average molecular weight is 315 g/mol. The summed E-state index contributed by atoms with van der Waals surface area (Å²) in [7, 11) is 2.07. The maximum atomic E-state index is 12.9. The fraction of sp³-hybridized carbons (Fsp3) is 0.556. The molecule has 5 nitrogen and oxygen atoms in total. The van der Waals surface area contributed by atoms with E-state index in [1.54, 1.807) is 12.1 Å². The molecule has 2 aliphatic rings. The summed E-state index contributed by atoms with van der Waals surface area (Å²) >= 11 is 0. The molecule has 0 spiro atoms. The van der Waals surface area contributed by atoms with Crippen LogP contribution in [0.1, 0.15) is 40.0 Å². The van der Waals surface area contributed by atoms with Crippen molar-refractivity contribution in [3.8, 4) is 0 Å². The molecular weight excluding hydrogens is 290 g/mol. The fourth-order valence-electron chi connectivity index (χ4n) is 3.30. The second-order valence-corrected chi connectivity index (χ2v) is 6.49. The summed E-state index contributed by atoms with van der Waals surface area (Å²) in [6.07, 6.45) is 3.30. The maximum absolute atomic E-state index is 12.9. The zero-order valence-corrected chi connectivity index (χ0v) is 13.8. The van der Waals surface area contributed by atoms with Gasteiger partial charge in [-0.25, -0.2) is 0 Å². The van der Waals surface area contributed by atoms with E-state index in [9.17, 15) is 9.59 Å². The molecule has 0 saturated carbocycles. The predicted octanol–water partition coefficient (Wildman–Crippen LogP) is 1.70. The minimum atomic E-state index is -0.0148. The highest BCUT2D eigenvalue weighted by Gasteiger charge is 2.26. The lowest BCUT2D eigenvalue weighted by Crippen LogP contribution is -2.47. The Morgan fingerprint density at radius 2 is 1.22 bits per heavy atom. The molecule has 2 amide bonds. The number of carbonyl (C=O) groups is 2. The van der Waals surface area contributed by atoms with Crippen molar-refractivity contribution >= 4 is 11.8 Å². The Balaban J connectivity index is 1.79. The standard InChI is InChI=1S/C18H25N3O2/c1-19-11-13-21(14-12-19)18(23)16-8-4-3-7-15(16)17(22)20-9-5-2-6-10-20/h3-4,7-8H,2,5-6,9-14H2,1H3. The summed E-state index contributed by atoms with van der Waals surface area (Å²) in [5.74, 6) is -0.0122. The van der Waals surface area contributed by atoms with Gasteiger partial charge < -0.3 is 14.7 Å². The quantitative estimate of drug-likeness (QED) is 0.834. The highest BCUT2D eigenvalue weighted by atomic mass is 16.2. The fourth-order valence-corrected chi connectivity index (χ4v) is 3.30. The number of likely N-dealkylation sites (tertiary alicyclic amines) is 1. The molecule has 0 N–H and O–H groups in total. The summed E-state index contributed by atoms with van der Waals surface area (Å²) in [5, 5.41) is 0. The van der Waals surface area contributed by atoms with Crippen molar-refractivity contribution < 1.29 is 9.59 Å². The van der Waals surface area contributed by atoms with Crippen LogP contribution >= 0.6 is 0 Å². The van der Waals surface area contributed by atoms with Crippen LogP contribution in [-0.4, -0.2) is 72.8 Å². The maximum Gasteiger partial charge on any atom is 0.254 e. The molecule has 2 aliphatic heterocycles. The number of benzene rings is 1. The van der Waals surface area contributed by atoms with E-state index in [1.807, 2.05) is 21.9 Å². The van der Waals surface area contributed by atoms with Crippen LogP contribution in [0.15, 0.2) is 24.3 Å². The largest absolute Gasteiger partial charge is 0.339 e. The van der Waals surface area contributed by atoms with Gasteiger partial charge in [-0.3, -0.25) is 9.59 Å². The first-order valence-corrected chi connectivity index (χ1v) is 8.53. The van der Waals surface area contributed by atoms with Crippen molar-refractivity contribution in [1.29, 1.82) is 0 Å². The van der Waals surface area contributed by atoms with Crippen molar-refractivity contribution in [1.82, 2.24) is 14.7 Å². The van der Waals surface area contributed by atoms with Crippen LogP contribution in [0.3, 0.4) is 0 Å². The molecule has 23 heavy (non-hydrogen) atoms. The zero-order chi connectivity index (χ0) is 16.2. The van der Waals surface area contributed by atoms with Gasteiger partial charge in [-0.1, -0.05) is 12.1 Å². The van der Waals surface area contributed by atoms with Gasteiger partial charge in [-0.05, 0) is 38.4 Å². The lowest BCUT2D eigenvalue weighted by Gasteiger charge is -2.33. The number of rotatable bonds is 2. The molecular formula is C18H25N3O2. The number of likely N-dealkylation sites (N-methyl/N-ethyl adjacent to an activating group) is 1. The van der Waals surface area contributed by atoms with Gasteiger partial charge in [-0.2, -0.15) is 0 Å². The minimum Gasteiger partial charge on any atom is -0.339 e. The molecule has 0 unspecified atom stereocenters. The highest BCUT2D eigenvalue weighted by Crippen LogP contribution is 2.18. The number of piperidine rings is 1. The van der Waals surface area contributed by atoms with E-state index in [-0.39, 0.29) is 11.8 Å². The first-order chi connectivity index (χ1) is 11.2. The number of piperazine rings is 1. The van der Waals surface area contributed by atoms with E-state index in [1.165, 1.54) is 6.42 Å². The zero-order valence-electron chi connectivity index (χ0n) is 13.8. The van der Waals surface area contributed by atoms with Gasteiger partial charge in [0.15, 0.2) is 0 Å². The second kappa shape index (κ2) is 7.13. The van der Waals surface area contributed by atoms with E-state index < -0.39 is 0 Å². The second-order valence-electron chi connectivity index (χ2n) is 6.49. The van der Waals surface area contributed by atoms with Crippen LogP contribution < -0.4 is 0 Å². The molecule has 0 atom stereocenters. The summed E-state index contributed by atoms with van der Waals surface area (Å²) in [6, 6.07) is 7.27. The van der Waals surface area contributed by atoms with Crippen LogP contribution in [0.2, 0.25) is 0 Å². The van der Waals surface area contributed by atoms with Gasteiger partial charge in [0.25, 0.3) is 11.8 Å². The van der Waals surface area contributed by atoms with Crippen LogP contribution in [-0.2, 0) is 0 Å². The lowest BCUT2D eigenvalue weighted by atomic mass is 10.0. The van der Waals surface area contributed by atoms with Gasteiger partial charge in [0.05, 0.1) is 11.1 Å². The molecule has 0 radical (unpaired) electrons. The van der Waals surface area contributed by atoms with Crippen LogP contribution in [0.4, 0.5) is 0 Å².